The van der Waals surface area contributed by atoms with Gasteiger partial charge < -0.3 is 14.8 Å². The highest BCUT2D eigenvalue weighted by atomic mass is 16.5. The van der Waals surface area contributed by atoms with Crippen molar-refractivity contribution in [3.63, 3.8) is 0 Å². The van der Waals surface area contributed by atoms with Crippen LogP contribution in [0, 0.1) is 0 Å². The number of ether oxygens (including phenoxy) is 2. The number of carbonyl (C=O) groups is 1. The van der Waals surface area contributed by atoms with Crippen LogP contribution in [0.1, 0.15) is 25.3 Å². The van der Waals surface area contributed by atoms with Crippen molar-refractivity contribution in [3.05, 3.63) is 29.8 Å². The van der Waals surface area contributed by atoms with E-state index in [9.17, 15) is 4.79 Å². The van der Waals surface area contributed by atoms with Crippen molar-refractivity contribution in [2.75, 3.05) is 13.7 Å². The zero-order chi connectivity index (χ0) is 13.7. The Morgan fingerprint density at radius 2 is 2.21 bits per heavy atom. The van der Waals surface area contributed by atoms with Crippen LogP contribution < -0.4 is 14.8 Å². The minimum absolute atomic E-state index is 0.0460. The van der Waals surface area contributed by atoms with Crippen molar-refractivity contribution in [2.24, 2.45) is 0 Å². The summed E-state index contributed by atoms with van der Waals surface area (Å²) in [6, 6.07) is 5.98. The maximum Gasteiger partial charge on any atom is 0.244 e. The Morgan fingerprint density at radius 1 is 1.42 bits per heavy atom. The normalized spacial score (nSPS) is 14.4. The van der Waals surface area contributed by atoms with Gasteiger partial charge in [0.15, 0.2) is 11.5 Å². The summed E-state index contributed by atoms with van der Waals surface area (Å²) < 4.78 is 10.7. The Kier molecular flexibility index (Phi) is 4.44. The van der Waals surface area contributed by atoms with E-state index in [0.29, 0.717) is 24.1 Å². The van der Waals surface area contributed by atoms with Crippen molar-refractivity contribution in [1.82, 2.24) is 5.32 Å². The summed E-state index contributed by atoms with van der Waals surface area (Å²) in [6.07, 6.45) is 5.51. The van der Waals surface area contributed by atoms with E-state index in [2.05, 4.69) is 5.32 Å². The smallest absolute Gasteiger partial charge is 0.244 e. The van der Waals surface area contributed by atoms with Crippen LogP contribution in [0.25, 0.3) is 6.08 Å². The number of carbonyl (C=O) groups excluding carboxylic acids is 1. The molecule has 2 rings (SSSR count). The van der Waals surface area contributed by atoms with Gasteiger partial charge in [0.25, 0.3) is 0 Å². The summed E-state index contributed by atoms with van der Waals surface area (Å²) in [5.41, 5.74) is 0.909. The van der Waals surface area contributed by atoms with Gasteiger partial charge in [-0.15, -0.1) is 0 Å². The molecule has 0 heterocycles. The fraction of sp³-hybridized carbons (Fsp3) is 0.400. The lowest BCUT2D eigenvalue weighted by molar-refractivity contribution is -0.116. The number of nitrogens with one attached hydrogen (secondary N) is 1. The Balaban J connectivity index is 2.02. The molecule has 1 N–H and O–H groups in total. The third kappa shape index (κ3) is 4.02. The molecule has 0 bridgehead atoms. The molecule has 1 aromatic carbocycles. The van der Waals surface area contributed by atoms with E-state index in [4.69, 9.17) is 9.47 Å². The second-order valence-electron chi connectivity index (χ2n) is 4.46. The molecule has 0 saturated heterocycles. The van der Waals surface area contributed by atoms with Gasteiger partial charge in [-0.05, 0) is 43.5 Å². The highest BCUT2D eigenvalue weighted by Gasteiger charge is 2.21. The summed E-state index contributed by atoms with van der Waals surface area (Å²) in [7, 11) is 1.60. The second kappa shape index (κ2) is 6.27. The van der Waals surface area contributed by atoms with Gasteiger partial charge in [0, 0.05) is 12.1 Å². The molecule has 4 nitrogen and oxygen atoms in total. The molecule has 102 valence electrons. The van der Waals surface area contributed by atoms with Crippen LogP contribution in [-0.2, 0) is 4.79 Å². The maximum atomic E-state index is 11.5. The fourth-order valence-electron chi connectivity index (χ4n) is 1.71. The summed E-state index contributed by atoms with van der Waals surface area (Å²) in [6.45, 7) is 2.52. The first kappa shape index (κ1) is 13.5. The average molecular weight is 261 g/mol. The monoisotopic (exact) mass is 261 g/mol. The molecule has 0 unspecified atom stereocenters. The van der Waals surface area contributed by atoms with Crippen molar-refractivity contribution in [2.45, 2.75) is 25.8 Å². The first-order chi connectivity index (χ1) is 9.22. The number of benzene rings is 1. The van der Waals surface area contributed by atoms with Crippen LogP contribution in [-0.4, -0.2) is 25.7 Å². The molecule has 1 amide bonds. The molecular formula is C15H19NO3. The van der Waals surface area contributed by atoms with Gasteiger partial charge in [0.05, 0.1) is 13.7 Å². The Labute approximate surface area is 113 Å². The number of amides is 1. The number of hydrogen-bond acceptors (Lipinski definition) is 3. The molecular weight excluding hydrogens is 242 g/mol. The second-order valence-corrected chi connectivity index (χ2v) is 4.46. The quantitative estimate of drug-likeness (QED) is 0.800. The van der Waals surface area contributed by atoms with E-state index in [-0.39, 0.29) is 5.91 Å². The van der Waals surface area contributed by atoms with Gasteiger partial charge in [-0.25, -0.2) is 0 Å². The van der Waals surface area contributed by atoms with Crippen molar-refractivity contribution < 1.29 is 14.3 Å². The van der Waals surface area contributed by atoms with Crippen molar-refractivity contribution in [3.8, 4) is 11.5 Å². The van der Waals surface area contributed by atoms with E-state index < -0.39 is 0 Å². The largest absolute Gasteiger partial charge is 0.493 e. The van der Waals surface area contributed by atoms with E-state index in [0.717, 1.165) is 18.4 Å². The predicted molar refractivity (Wildman–Crippen MR) is 74.4 cm³/mol. The van der Waals surface area contributed by atoms with Gasteiger partial charge in [-0.3, -0.25) is 4.79 Å². The highest BCUT2D eigenvalue weighted by molar-refractivity contribution is 5.92. The van der Waals surface area contributed by atoms with E-state index >= 15 is 0 Å². The van der Waals surface area contributed by atoms with Gasteiger partial charge >= 0.3 is 0 Å². The van der Waals surface area contributed by atoms with Gasteiger partial charge in [0.1, 0.15) is 0 Å². The van der Waals surface area contributed by atoms with Crippen molar-refractivity contribution in [1.29, 1.82) is 0 Å². The zero-order valence-corrected chi connectivity index (χ0v) is 11.3. The SMILES string of the molecule is CCOc1ccc(/C=C/C(=O)NC2CC2)cc1OC. The van der Waals surface area contributed by atoms with Gasteiger partial charge in [-0.1, -0.05) is 6.07 Å². The van der Waals surface area contributed by atoms with Crippen molar-refractivity contribution >= 4 is 12.0 Å². The molecule has 1 aromatic rings. The molecule has 1 saturated carbocycles. The third-order valence-corrected chi connectivity index (χ3v) is 2.84. The van der Waals surface area contributed by atoms with Gasteiger partial charge in [0.2, 0.25) is 5.91 Å². The summed E-state index contributed by atoms with van der Waals surface area (Å²) in [4.78, 5) is 11.5. The van der Waals surface area contributed by atoms with E-state index in [1.807, 2.05) is 25.1 Å². The van der Waals surface area contributed by atoms with Gasteiger partial charge in [-0.2, -0.15) is 0 Å². The lowest BCUT2D eigenvalue weighted by Gasteiger charge is -2.09. The summed E-state index contributed by atoms with van der Waals surface area (Å²) in [5, 5.41) is 2.90. The maximum absolute atomic E-state index is 11.5. The zero-order valence-electron chi connectivity index (χ0n) is 11.3. The predicted octanol–water partition coefficient (Wildman–Crippen LogP) is 2.39. The van der Waals surface area contributed by atoms with Crippen LogP contribution in [0.3, 0.4) is 0 Å². The highest BCUT2D eigenvalue weighted by Crippen LogP contribution is 2.28. The lowest BCUT2D eigenvalue weighted by atomic mass is 10.2. The van der Waals surface area contributed by atoms with Crippen LogP contribution in [0.15, 0.2) is 24.3 Å². The van der Waals surface area contributed by atoms with Crippen LogP contribution >= 0.6 is 0 Å². The number of hydrogen-bond donors (Lipinski definition) is 1. The summed E-state index contributed by atoms with van der Waals surface area (Å²) >= 11 is 0. The van der Waals surface area contributed by atoms with E-state index in [1.54, 1.807) is 19.3 Å². The topological polar surface area (TPSA) is 47.6 Å². The number of methoxy groups -OCH3 is 1. The lowest BCUT2D eigenvalue weighted by Crippen LogP contribution is -2.22. The molecule has 0 atom stereocenters. The molecule has 1 aliphatic carbocycles. The number of rotatable bonds is 6. The van der Waals surface area contributed by atoms with Crippen LogP contribution in [0.5, 0.6) is 11.5 Å². The van der Waals surface area contributed by atoms with Crippen LogP contribution in [0.4, 0.5) is 0 Å². The molecule has 0 aromatic heterocycles. The molecule has 0 spiro atoms. The fourth-order valence-corrected chi connectivity index (χ4v) is 1.71. The first-order valence-electron chi connectivity index (χ1n) is 6.52. The molecule has 19 heavy (non-hydrogen) atoms. The average Bonchev–Trinajstić information content (AvgIpc) is 3.21. The van der Waals surface area contributed by atoms with E-state index in [1.165, 1.54) is 0 Å². The third-order valence-electron chi connectivity index (χ3n) is 2.84. The molecule has 4 heteroatoms. The Hall–Kier alpha value is -1.97. The standard InChI is InChI=1S/C15H19NO3/c1-3-19-13-8-4-11(10-14(13)18-2)5-9-15(17)16-12-6-7-12/h4-5,8-10,12H,3,6-7H2,1-2H3,(H,16,17)/b9-5+. The molecule has 1 fully saturated rings. The Bertz CT molecular complexity index is 478. The molecule has 0 radical (unpaired) electrons. The Morgan fingerprint density at radius 3 is 2.84 bits per heavy atom. The minimum Gasteiger partial charge on any atom is -0.493 e. The molecule has 1 aliphatic rings. The first-order valence-corrected chi connectivity index (χ1v) is 6.52. The summed E-state index contributed by atoms with van der Waals surface area (Å²) in [5.74, 6) is 1.34. The molecule has 0 aliphatic heterocycles. The minimum atomic E-state index is -0.0460. The van der Waals surface area contributed by atoms with Crippen LogP contribution in [0.2, 0.25) is 0 Å².